The van der Waals surface area contributed by atoms with Crippen molar-refractivity contribution < 1.29 is 0 Å². The summed E-state index contributed by atoms with van der Waals surface area (Å²) in [5.41, 5.74) is 8.47. The Hall–Kier alpha value is -1.28. The van der Waals surface area contributed by atoms with Gasteiger partial charge in [-0.2, -0.15) is 0 Å². The molecule has 0 aliphatic heterocycles. The summed E-state index contributed by atoms with van der Waals surface area (Å²) in [7, 11) is 0. The standard InChI is InChI=1S/C18H19Cl2N/c1-13(21)16(12-15-5-10-18(20)11-6-15)7-2-14-3-8-17(19)9-4-14/h2-11,13,16H,12,21H2,1H3. The Bertz CT molecular complexity index is 586. The Morgan fingerprint density at radius 2 is 1.48 bits per heavy atom. The third kappa shape index (κ3) is 5.20. The fourth-order valence-corrected chi connectivity index (χ4v) is 2.38. The van der Waals surface area contributed by atoms with Crippen LogP contribution in [0.5, 0.6) is 0 Å². The van der Waals surface area contributed by atoms with E-state index in [0.29, 0.717) is 0 Å². The molecule has 1 nitrogen and oxygen atoms in total. The van der Waals surface area contributed by atoms with Gasteiger partial charge in [-0.15, -0.1) is 0 Å². The van der Waals surface area contributed by atoms with E-state index in [1.54, 1.807) is 0 Å². The molecule has 2 rings (SSSR count). The molecule has 0 amide bonds. The Morgan fingerprint density at radius 1 is 0.952 bits per heavy atom. The van der Waals surface area contributed by atoms with Crippen molar-refractivity contribution in [2.24, 2.45) is 11.7 Å². The van der Waals surface area contributed by atoms with E-state index < -0.39 is 0 Å². The summed E-state index contributed by atoms with van der Waals surface area (Å²) in [6.45, 7) is 2.03. The van der Waals surface area contributed by atoms with Crippen molar-refractivity contribution in [2.75, 3.05) is 0 Å². The van der Waals surface area contributed by atoms with Crippen LogP contribution in [0.25, 0.3) is 6.08 Å². The maximum Gasteiger partial charge on any atom is 0.0406 e. The fraction of sp³-hybridized carbons (Fsp3) is 0.222. The summed E-state index contributed by atoms with van der Waals surface area (Å²) < 4.78 is 0. The van der Waals surface area contributed by atoms with Crippen LogP contribution in [0.15, 0.2) is 54.6 Å². The van der Waals surface area contributed by atoms with Crippen LogP contribution in [-0.4, -0.2) is 6.04 Å². The van der Waals surface area contributed by atoms with Crippen molar-refractivity contribution >= 4 is 29.3 Å². The molecule has 0 aliphatic rings. The molecular weight excluding hydrogens is 301 g/mol. The smallest absolute Gasteiger partial charge is 0.0406 e. The van der Waals surface area contributed by atoms with Crippen LogP contribution < -0.4 is 5.73 Å². The lowest BCUT2D eigenvalue weighted by molar-refractivity contribution is 0.534. The molecular formula is C18H19Cl2N. The van der Waals surface area contributed by atoms with E-state index in [1.165, 1.54) is 5.56 Å². The van der Waals surface area contributed by atoms with Crippen LogP contribution >= 0.6 is 23.2 Å². The Morgan fingerprint density at radius 3 is 2.00 bits per heavy atom. The van der Waals surface area contributed by atoms with Gasteiger partial charge in [0.2, 0.25) is 0 Å². The average molecular weight is 320 g/mol. The van der Waals surface area contributed by atoms with Gasteiger partial charge in [-0.3, -0.25) is 0 Å². The molecule has 3 heteroatoms. The van der Waals surface area contributed by atoms with E-state index in [1.807, 2.05) is 55.5 Å². The molecule has 0 radical (unpaired) electrons. The Balaban J connectivity index is 2.08. The molecule has 2 aromatic rings. The van der Waals surface area contributed by atoms with Gasteiger partial charge in [0.1, 0.15) is 0 Å². The minimum atomic E-state index is 0.0872. The first-order valence-electron chi connectivity index (χ1n) is 6.98. The first kappa shape index (κ1) is 16.1. The van der Waals surface area contributed by atoms with E-state index in [0.717, 1.165) is 22.0 Å². The molecule has 0 heterocycles. The monoisotopic (exact) mass is 319 g/mol. The topological polar surface area (TPSA) is 26.0 Å². The predicted molar refractivity (Wildman–Crippen MR) is 92.8 cm³/mol. The Kier molecular flexibility index (Phi) is 5.86. The van der Waals surface area contributed by atoms with Gasteiger partial charge in [0, 0.05) is 16.1 Å². The SMILES string of the molecule is CC(N)C(C=Cc1ccc(Cl)cc1)Cc1ccc(Cl)cc1. The van der Waals surface area contributed by atoms with E-state index in [-0.39, 0.29) is 12.0 Å². The minimum Gasteiger partial charge on any atom is -0.327 e. The van der Waals surface area contributed by atoms with Crippen molar-refractivity contribution in [2.45, 2.75) is 19.4 Å². The van der Waals surface area contributed by atoms with Gasteiger partial charge >= 0.3 is 0 Å². The summed E-state index contributed by atoms with van der Waals surface area (Å²) in [6, 6.07) is 15.8. The van der Waals surface area contributed by atoms with Crippen molar-refractivity contribution in [1.82, 2.24) is 0 Å². The predicted octanol–water partition coefficient (Wildman–Crippen LogP) is 5.21. The molecule has 0 bridgehead atoms. The van der Waals surface area contributed by atoms with Gasteiger partial charge in [0.15, 0.2) is 0 Å². The molecule has 0 spiro atoms. The van der Waals surface area contributed by atoms with E-state index >= 15 is 0 Å². The molecule has 0 fully saturated rings. The lowest BCUT2D eigenvalue weighted by Gasteiger charge is -2.17. The zero-order valence-electron chi connectivity index (χ0n) is 12.0. The molecule has 0 aliphatic carbocycles. The summed E-state index contributed by atoms with van der Waals surface area (Å²) in [5, 5.41) is 1.50. The third-order valence-corrected chi connectivity index (χ3v) is 3.97. The quantitative estimate of drug-likeness (QED) is 0.804. The summed E-state index contributed by atoms with van der Waals surface area (Å²) in [5.74, 6) is 0.279. The van der Waals surface area contributed by atoms with Gasteiger partial charge in [-0.05, 0) is 54.7 Å². The molecule has 0 saturated carbocycles. The van der Waals surface area contributed by atoms with Gasteiger partial charge < -0.3 is 5.73 Å². The molecule has 2 N–H and O–H groups in total. The molecule has 21 heavy (non-hydrogen) atoms. The molecule has 2 aromatic carbocycles. The molecule has 0 aromatic heterocycles. The van der Waals surface area contributed by atoms with Gasteiger partial charge in [0.25, 0.3) is 0 Å². The highest BCUT2D eigenvalue weighted by molar-refractivity contribution is 6.30. The van der Waals surface area contributed by atoms with Crippen molar-refractivity contribution in [3.05, 3.63) is 75.8 Å². The summed E-state index contributed by atoms with van der Waals surface area (Å²) in [4.78, 5) is 0. The summed E-state index contributed by atoms with van der Waals surface area (Å²) in [6.07, 6.45) is 5.17. The second-order valence-corrected chi connectivity index (χ2v) is 6.14. The molecule has 0 saturated heterocycles. The minimum absolute atomic E-state index is 0.0872. The highest BCUT2D eigenvalue weighted by Crippen LogP contribution is 2.18. The van der Waals surface area contributed by atoms with Gasteiger partial charge in [-0.25, -0.2) is 0 Å². The number of benzene rings is 2. The van der Waals surface area contributed by atoms with Gasteiger partial charge in [0.05, 0.1) is 0 Å². The van der Waals surface area contributed by atoms with Crippen molar-refractivity contribution in [3.8, 4) is 0 Å². The number of hydrogen-bond acceptors (Lipinski definition) is 1. The fourth-order valence-electron chi connectivity index (χ4n) is 2.13. The van der Waals surface area contributed by atoms with E-state index in [9.17, 15) is 0 Å². The summed E-state index contributed by atoms with van der Waals surface area (Å²) >= 11 is 11.8. The van der Waals surface area contributed by atoms with Crippen LogP contribution in [0.3, 0.4) is 0 Å². The number of nitrogens with two attached hydrogens (primary N) is 1. The lowest BCUT2D eigenvalue weighted by Crippen LogP contribution is -2.26. The maximum atomic E-state index is 6.10. The highest BCUT2D eigenvalue weighted by atomic mass is 35.5. The van der Waals surface area contributed by atoms with Crippen LogP contribution in [-0.2, 0) is 6.42 Å². The molecule has 2 unspecified atom stereocenters. The Labute approximate surface area is 136 Å². The van der Waals surface area contributed by atoms with Crippen LogP contribution in [0, 0.1) is 5.92 Å². The zero-order chi connectivity index (χ0) is 15.2. The largest absolute Gasteiger partial charge is 0.327 e. The van der Waals surface area contributed by atoms with Gasteiger partial charge in [-0.1, -0.05) is 59.6 Å². The van der Waals surface area contributed by atoms with E-state index in [4.69, 9.17) is 28.9 Å². The number of hydrogen-bond donors (Lipinski definition) is 1. The normalized spacial score (nSPS) is 14.3. The molecule has 2 atom stereocenters. The molecule has 110 valence electrons. The first-order valence-corrected chi connectivity index (χ1v) is 7.74. The van der Waals surface area contributed by atoms with Crippen LogP contribution in [0.1, 0.15) is 18.1 Å². The van der Waals surface area contributed by atoms with Crippen molar-refractivity contribution in [3.63, 3.8) is 0 Å². The zero-order valence-corrected chi connectivity index (χ0v) is 13.5. The highest BCUT2D eigenvalue weighted by Gasteiger charge is 2.11. The second-order valence-electron chi connectivity index (χ2n) is 5.26. The lowest BCUT2D eigenvalue weighted by atomic mass is 9.92. The maximum absolute atomic E-state index is 6.10. The third-order valence-electron chi connectivity index (χ3n) is 3.47. The van der Waals surface area contributed by atoms with E-state index in [2.05, 4.69) is 12.2 Å². The average Bonchev–Trinajstić information content (AvgIpc) is 2.47. The first-order chi connectivity index (χ1) is 10.0. The number of rotatable bonds is 5. The second kappa shape index (κ2) is 7.65. The van der Waals surface area contributed by atoms with Crippen LogP contribution in [0.4, 0.5) is 0 Å². The number of halogens is 2. The van der Waals surface area contributed by atoms with Crippen LogP contribution in [0.2, 0.25) is 10.0 Å². The van der Waals surface area contributed by atoms with Crippen molar-refractivity contribution in [1.29, 1.82) is 0 Å².